The fraction of sp³-hybridized carbons (Fsp3) is 1.00. The molecule has 0 saturated carbocycles. The van der Waals surface area contributed by atoms with Crippen molar-refractivity contribution in [1.29, 1.82) is 0 Å². The molecule has 1 aliphatic heterocycles. The molecule has 1 atom stereocenters. The summed E-state index contributed by atoms with van der Waals surface area (Å²) >= 11 is 1.89. The molecule has 0 aromatic rings. The lowest BCUT2D eigenvalue weighted by molar-refractivity contribution is 0.293. The minimum absolute atomic E-state index is 0.380. The van der Waals surface area contributed by atoms with Crippen molar-refractivity contribution in [1.82, 2.24) is 0 Å². The standard InChI is InChI=1S/C5H10OS/c6-4-5-2-1-3-7-5/h5-6H,1-4H2/t5-/m0/s1. The van der Waals surface area contributed by atoms with Crippen LogP contribution in [0, 0.1) is 0 Å². The Balaban J connectivity index is 2.14. The smallest absolute Gasteiger partial charge is 0.0550 e. The summed E-state index contributed by atoms with van der Waals surface area (Å²) in [6, 6.07) is 0. The number of hydrogen-bond acceptors (Lipinski definition) is 2. The second-order valence-electron chi connectivity index (χ2n) is 1.82. The maximum atomic E-state index is 8.55. The highest BCUT2D eigenvalue weighted by atomic mass is 32.2. The van der Waals surface area contributed by atoms with Gasteiger partial charge in [0.25, 0.3) is 0 Å². The van der Waals surface area contributed by atoms with Crippen LogP contribution in [0.15, 0.2) is 0 Å². The van der Waals surface area contributed by atoms with Crippen LogP contribution >= 0.6 is 11.8 Å². The van der Waals surface area contributed by atoms with Crippen molar-refractivity contribution in [2.75, 3.05) is 12.4 Å². The van der Waals surface area contributed by atoms with Crippen LogP contribution in [0.5, 0.6) is 0 Å². The molecule has 0 aromatic heterocycles. The van der Waals surface area contributed by atoms with Crippen molar-refractivity contribution in [3.05, 3.63) is 0 Å². The summed E-state index contributed by atoms with van der Waals surface area (Å²) in [5.74, 6) is 1.26. The van der Waals surface area contributed by atoms with Crippen LogP contribution in [-0.4, -0.2) is 22.7 Å². The molecule has 0 amide bonds. The van der Waals surface area contributed by atoms with E-state index in [-0.39, 0.29) is 0 Å². The van der Waals surface area contributed by atoms with Gasteiger partial charge in [0, 0.05) is 5.25 Å². The molecule has 1 rings (SSSR count). The first-order valence-corrected chi connectivity index (χ1v) is 3.71. The normalized spacial score (nSPS) is 31.3. The van der Waals surface area contributed by atoms with Gasteiger partial charge in [-0.15, -0.1) is 0 Å². The molecule has 1 heterocycles. The predicted octanol–water partition coefficient (Wildman–Crippen LogP) is 0.874. The Morgan fingerprint density at radius 3 is 2.86 bits per heavy atom. The quantitative estimate of drug-likeness (QED) is 0.551. The summed E-state index contributed by atoms with van der Waals surface area (Å²) in [4.78, 5) is 0. The van der Waals surface area contributed by atoms with Gasteiger partial charge in [-0.05, 0) is 18.6 Å². The van der Waals surface area contributed by atoms with Gasteiger partial charge in [0.15, 0.2) is 0 Å². The minimum atomic E-state index is 0.380. The molecule has 1 fully saturated rings. The van der Waals surface area contributed by atoms with E-state index in [1.807, 2.05) is 11.8 Å². The van der Waals surface area contributed by atoms with Gasteiger partial charge < -0.3 is 5.11 Å². The Kier molecular flexibility index (Phi) is 2.00. The zero-order valence-electron chi connectivity index (χ0n) is 4.26. The third-order valence-corrected chi connectivity index (χ3v) is 2.61. The van der Waals surface area contributed by atoms with Crippen molar-refractivity contribution in [3.8, 4) is 0 Å². The maximum Gasteiger partial charge on any atom is 0.0550 e. The van der Waals surface area contributed by atoms with E-state index in [0.717, 1.165) is 0 Å². The van der Waals surface area contributed by atoms with Crippen molar-refractivity contribution in [3.63, 3.8) is 0 Å². The third-order valence-electron chi connectivity index (χ3n) is 1.23. The second-order valence-corrected chi connectivity index (χ2v) is 3.23. The Labute approximate surface area is 48.1 Å². The first-order valence-electron chi connectivity index (χ1n) is 2.66. The van der Waals surface area contributed by atoms with E-state index in [1.54, 1.807) is 0 Å². The molecule has 0 radical (unpaired) electrons. The summed E-state index contributed by atoms with van der Waals surface area (Å²) < 4.78 is 0. The van der Waals surface area contributed by atoms with E-state index in [4.69, 9.17) is 5.11 Å². The molecule has 1 N–H and O–H groups in total. The van der Waals surface area contributed by atoms with Crippen LogP contribution in [0.3, 0.4) is 0 Å². The summed E-state index contributed by atoms with van der Waals surface area (Å²) in [5, 5.41) is 9.11. The Bertz CT molecular complexity index is 50.0. The number of hydrogen-bond donors (Lipinski definition) is 1. The molecule has 1 nitrogen and oxygen atoms in total. The molecular weight excluding hydrogens is 108 g/mol. The lowest BCUT2D eigenvalue weighted by Gasteiger charge is -1.98. The van der Waals surface area contributed by atoms with Crippen molar-refractivity contribution >= 4 is 11.8 Å². The number of aliphatic hydroxyl groups is 1. The van der Waals surface area contributed by atoms with Gasteiger partial charge in [-0.1, -0.05) is 0 Å². The van der Waals surface area contributed by atoms with Crippen LogP contribution in [0.4, 0.5) is 0 Å². The van der Waals surface area contributed by atoms with E-state index in [2.05, 4.69) is 0 Å². The largest absolute Gasteiger partial charge is 0.395 e. The highest BCUT2D eigenvalue weighted by Crippen LogP contribution is 2.24. The first kappa shape index (κ1) is 5.45. The van der Waals surface area contributed by atoms with Crippen molar-refractivity contribution < 1.29 is 5.11 Å². The SMILES string of the molecule is OC[C@@H]1CCCS1. The summed E-state index contributed by atoms with van der Waals surface area (Å²) in [7, 11) is 0. The van der Waals surface area contributed by atoms with Gasteiger partial charge in [0.05, 0.1) is 6.61 Å². The van der Waals surface area contributed by atoms with Gasteiger partial charge in [-0.3, -0.25) is 0 Å². The summed E-state index contributed by atoms with van der Waals surface area (Å²) in [5.41, 5.74) is 0. The zero-order valence-corrected chi connectivity index (χ0v) is 5.08. The Morgan fingerprint density at radius 1 is 1.71 bits per heavy atom. The lowest BCUT2D eigenvalue weighted by Crippen LogP contribution is -2.01. The summed E-state index contributed by atoms with van der Waals surface area (Å²) in [6.45, 7) is 0.380. The molecule has 0 unspecified atom stereocenters. The van der Waals surface area contributed by atoms with Gasteiger partial charge in [-0.2, -0.15) is 11.8 Å². The highest BCUT2D eigenvalue weighted by molar-refractivity contribution is 8.00. The van der Waals surface area contributed by atoms with Crippen LogP contribution in [-0.2, 0) is 0 Å². The fourth-order valence-electron chi connectivity index (χ4n) is 0.788. The highest BCUT2D eigenvalue weighted by Gasteiger charge is 2.12. The first-order chi connectivity index (χ1) is 3.43. The second kappa shape index (κ2) is 2.58. The molecule has 42 valence electrons. The minimum Gasteiger partial charge on any atom is -0.395 e. The number of rotatable bonds is 1. The zero-order chi connectivity index (χ0) is 5.11. The lowest BCUT2D eigenvalue weighted by atomic mass is 10.3. The molecule has 1 saturated heterocycles. The fourth-order valence-corrected chi connectivity index (χ4v) is 1.89. The van der Waals surface area contributed by atoms with Gasteiger partial charge in [0.1, 0.15) is 0 Å². The van der Waals surface area contributed by atoms with Gasteiger partial charge >= 0.3 is 0 Å². The van der Waals surface area contributed by atoms with E-state index in [9.17, 15) is 0 Å². The predicted molar refractivity (Wildman–Crippen MR) is 32.6 cm³/mol. The summed E-state index contributed by atoms with van der Waals surface area (Å²) in [6.07, 6.45) is 2.52. The average Bonchev–Trinajstić information content (AvgIpc) is 2.14. The van der Waals surface area contributed by atoms with Crippen molar-refractivity contribution in [2.45, 2.75) is 18.1 Å². The Morgan fingerprint density at radius 2 is 2.57 bits per heavy atom. The van der Waals surface area contributed by atoms with E-state index in [0.29, 0.717) is 11.9 Å². The number of thioether (sulfide) groups is 1. The molecule has 0 aromatic carbocycles. The molecule has 1 aliphatic rings. The molecule has 2 heteroatoms. The molecule has 7 heavy (non-hydrogen) atoms. The van der Waals surface area contributed by atoms with Gasteiger partial charge in [-0.25, -0.2) is 0 Å². The van der Waals surface area contributed by atoms with E-state index < -0.39 is 0 Å². The van der Waals surface area contributed by atoms with Gasteiger partial charge in [0.2, 0.25) is 0 Å². The molecule has 0 aliphatic carbocycles. The van der Waals surface area contributed by atoms with E-state index in [1.165, 1.54) is 18.6 Å². The van der Waals surface area contributed by atoms with Crippen LogP contribution in [0.1, 0.15) is 12.8 Å². The number of aliphatic hydroxyl groups excluding tert-OH is 1. The Hall–Kier alpha value is 0.310. The monoisotopic (exact) mass is 118 g/mol. The molecule has 0 spiro atoms. The molecular formula is C5H10OS. The molecule has 0 bridgehead atoms. The van der Waals surface area contributed by atoms with Crippen LogP contribution in [0.2, 0.25) is 0 Å². The third kappa shape index (κ3) is 1.35. The van der Waals surface area contributed by atoms with Crippen LogP contribution in [0.25, 0.3) is 0 Å². The average molecular weight is 118 g/mol. The topological polar surface area (TPSA) is 20.2 Å². The van der Waals surface area contributed by atoms with Crippen LogP contribution < -0.4 is 0 Å². The van der Waals surface area contributed by atoms with Crippen molar-refractivity contribution in [2.24, 2.45) is 0 Å². The van der Waals surface area contributed by atoms with E-state index >= 15 is 0 Å². The maximum absolute atomic E-state index is 8.55.